The fourth-order valence-corrected chi connectivity index (χ4v) is 3.40. The van der Waals surface area contributed by atoms with Crippen molar-refractivity contribution in [3.63, 3.8) is 0 Å². The molecule has 2 aliphatic heterocycles. The Balaban J connectivity index is 1.77. The zero-order valence-corrected chi connectivity index (χ0v) is 12.8. The maximum absolute atomic E-state index is 12.5. The van der Waals surface area contributed by atoms with Gasteiger partial charge in [-0.1, -0.05) is 24.3 Å². The quantitative estimate of drug-likeness (QED) is 0.846. The van der Waals surface area contributed by atoms with Gasteiger partial charge < -0.3 is 15.5 Å². The summed E-state index contributed by atoms with van der Waals surface area (Å²) in [6, 6.07) is 13.5. The van der Waals surface area contributed by atoms with Gasteiger partial charge in [-0.3, -0.25) is 9.59 Å². The number of anilines is 2. The van der Waals surface area contributed by atoms with Crippen LogP contribution in [0, 0.1) is 0 Å². The summed E-state index contributed by atoms with van der Waals surface area (Å²) in [5.41, 5.74) is 4.69. The van der Waals surface area contributed by atoms with E-state index in [1.54, 1.807) is 19.2 Å². The summed E-state index contributed by atoms with van der Waals surface area (Å²) in [4.78, 5) is 26.4. The Morgan fingerprint density at radius 1 is 1.22 bits per heavy atom. The van der Waals surface area contributed by atoms with Crippen molar-refractivity contribution in [1.82, 2.24) is 5.32 Å². The Morgan fingerprint density at radius 2 is 2.00 bits per heavy atom. The SMILES string of the molecule is CNC(=O)c1ccc2c(c1)NC(=O)C1Cc3ccccc3CN21. The average molecular weight is 307 g/mol. The molecule has 0 saturated carbocycles. The minimum Gasteiger partial charge on any atom is -0.355 e. The number of hydrogen-bond donors (Lipinski definition) is 2. The molecular weight excluding hydrogens is 290 g/mol. The molecule has 0 aliphatic carbocycles. The van der Waals surface area contributed by atoms with Gasteiger partial charge in [-0.2, -0.15) is 0 Å². The molecule has 2 aromatic rings. The Labute approximate surface area is 134 Å². The normalized spacial score (nSPS) is 18.4. The summed E-state index contributed by atoms with van der Waals surface area (Å²) in [5.74, 6) is -0.172. The van der Waals surface area contributed by atoms with Crippen LogP contribution in [0.4, 0.5) is 11.4 Å². The van der Waals surface area contributed by atoms with Gasteiger partial charge >= 0.3 is 0 Å². The molecule has 2 heterocycles. The average Bonchev–Trinajstić information content (AvgIpc) is 2.59. The minimum atomic E-state index is -0.191. The van der Waals surface area contributed by atoms with E-state index in [1.807, 2.05) is 18.2 Å². The standard InChI is InChI=1S/C18H17N3O2/c1-19-17(22)12-6-7-15-14(8-12)20-18(23)16-9-11-4-2-3-5-13(11)10-21(15)16/h2-8,16H,9-10H2,1H3,(H,19,22)(H,20,23). The third kappa shape index (κ3) is 2.16. The number of hydrogen-bond acceptors (Lipinski definition) is 3. The zero-order chi connectivity index (χ0) is 16.0. The fraction of sp³-hybridized carbons (Fsp3) is 0.222. The second-order valence-corrected chi connectivity index (χ2v) is 5.92. The van der Waals surface area contributed by atoms with E-state index >= 15 is 0 Å². The van der Waals surface area contributed by atoms with Crippen LogP contribution in [0.2, 0.25) is 0 Å². The van der Waals surface area contributed by atoms with Crippen molar-refractivity contribution in [1.29, 1.82) is 0 Å². The van der Waals surface area contributed by atoms with Gasteiger partial charge in [0.15, 0.2) is 0 Å². The molecule has 4 rings (SSSR count). The van der Waals surface area contributed by atoms with Crippen LogP contribution in [0.1, 0.15) is 21.5 Å². The first-order valence-corrected chi connectivity index (χ1v) is 7.68. The number of nitrogens with zero attached hydrogens (tertiary/aromatic N) is 1. The summed E-state index contributed by atoms with van der Waals surface area (Å²) in [6.07, 6.45) is 0.707. The Kier molecular flexibility index (Phi) is 3.08. The van der Waals surface area contributed by atoms with Crippen molar-refractivity contribution in [3.05, 3.63) is 59.2 Å². The number of nitrogens with one attached hydrogen (secondary N) is 2. The highest BCUT2D eigenvalue weighted by Gasteiger charge is 2.36. The lowest BCUT2D eigenvalue weighted by molar-refractivity contribution is -0.117. The second kappa shape index (κ2) is 5.12. The van der Waals surface area contributed by atoms with E-state index in [2.05, 4.69) is 27.7 Å². The zero-order valence-electron chi connectivity index (χ0n) is 12.8. The molecule has 0 fully saturated rings. The number of rotatable bonds is 1. The lowest BCUT2D eigenvalue weighted by Gasteiger charge is -2.41. The van der Waals surface area contributed by atoms with Crippen LogP contribution in [0.5, 0.6) is 0 Å². The third-order valence-electron chi connectivity index (χ3n) is 4.60. The smallest absolute Gasteiger partial charge is 0.251 e. The van der Waals surface area contributed by atoms with Crippen molar-refractivity contribution < 1.29 is 9.59 Å². The number of amides is 2. The highest BCUT2D eigenvalue weighted by molar-refractivity contribution is 6.06. The topological polar surface area (TPSA) is 61.4 Å². The first kappa shape index (κ1) is 13.8. The van der Waals surface area contributed by atoms with Gasteiger partial charge in [-0.05, 0) is 29.3 Å². The van der Waals surface area contributed by atoms with E-state index in [4.69, 9.17) is 0 Å². The second-order valence-electron chi connectivity index (χ2n) is 5.92. The van der Waals surface area contributed by atoms with Crippen molar-refractivity contribution in [2.24, 2.45) is 0 Å². The molecular formula is C18H17N3O2. The van der Waals surface area contributed by atoms with Crippen molar-refractivity contribution in [2.45, 2.75) is 19.0 Å². The van der Waals surface area contributed by atoms with Crippen LogP contribution in [0.15, 0.2) is 42.5 Å². The molecule has 2 N–H and O–H groups in total. The van der Waals surface area contributed by atoms with Gasteiger partial charge in [0.25, 0.3) is 5.91 Å². The maximum atomic E-state index is 12.5. The lowest BCUT2D eigenvalue weighted by atomic mass is 9.91. The van der Waals surface area contributed by atoms with Crippen LogP contribution in [-0.4, -0.2) is 24.9 Å². The summed E-state index contributed by atoms with van der Waals surface area (Å²) >= 11 is 0. The molecule has 23 heavy (non-hydrogen) atoms. The van der Waals surface area contributed by atoms with Crippen LogP contribution in [-0.2, 0) is 17.8 Å². The fourth-order valence-electron chi connectivity index (χ4n) is 3.40. The Morgan fingerprint density at radius 3 is 2.78 bits per heavy atom. The van der Waals surface area contributed by atoms with Gasteiger partial charge in [0.2, 0.25) is 5.91 Å². The minimum absolute atomic E-state index is 0.0129. The highest BCUT2D eigenvalue weighted by atomic mass is 16.2. The van der Waals surface area contributed by atoms with Gasteiger partial charge in [0.05, 0.1) is 11.4 Å². The van der Waals surface area contributed by atoms with E-state index in [0.717, 1.165) is 5.69 Å². The molecule has 0 saturated heterocycles. The van der Waals surface area contributed by atoms with Gasteiger partial charge in [-0.25, -0.2) is 0 Å². The molecule has 2 aromatic carbocycles. The maximum Gasteiger partial charge on any atom is 0.251 e. The van der Waals surface area contributed by atoms with Gasteiger partial charge in [-0.15, -0.1) is 0 Å². The van der Waals surface area contributed by atoms with Crippen molar-refractivity contribution >= 4 is 23.2 Å². The van der Waals surface area contributed by atoms with Crippen molar-refractivity contribution in [2.75, 3.05) is 17.3 Å². The summed E-state index contributed by atoms with van der Waals surface area (Å²) in [5, 5.41) is 5.55. The van der Waals surface area contributed by atoms with Crippen LogP contribution in [0.25, 0.3) is 0 Å². The molecule has 2 amide bonds. The molecule has 0 aromatic heterocycles. The molecule has 5 heteroatoms. The van der Waals surface area contributed by atoms with Crippen LogP contribution >= 0.6 is 0 Å². The predicted molar refractivity (Wildman–Crippen MR) is 88.6 cm³/mol. The van der Waals surface area contributed by atoms with E-state index in [-0.39, 0.29) is 17.9 Å². The van der Waals surface area contributed by atoms with Crippen molar-refractivity contribution in [3.8, 4) is 0 Å². The molecule has 1 unspecified atom stereocenters. The van der Waals surface area contributed by atoms with Gasteiger partial charge in [0.1, 0.15) is 6.04 Å². The number of fused-ring (bicyclic) bond motifs is 4. The number of carbonyl (C=O) groups excluding carboxylic acids is 2. The Bertz CT molecular complexity index is 816. The molecule has 116 valence electrons. The largest absolute Gasteiger partial charge is 0.355 e. The molecule has 0 spiro atoms. The first-order chi connectivity index (χ1) is 11.2. The molecule has 2 aliphatic rings. The summed E-state index contributed by atoms with van der Waals surface area (Å²) < 4.78 is 0. The molecule has 0 radical (unpaired) electrons. The van der Waals surface area contributed by atoms with E-state index in [1.165, 1.54) is 11.1 Å². The summed E-state index contributed by atoms with van der Waals surface area (Å²) in [6.45, 7) is 0.709. The molecule has 1 atom stereocenters. The number of carbonyl (C=O) groups is 2. The molecule has 5 nitrogen and oxygen atoms in total. The molecule has 0 bridgehead atoms. The van der Waals surface area contributed by atoms with Crippen LogP contribution < -0.4 is 15.5 Å². The van der Waals surface area contributed by atoms with Crippen LogP contribution in [0.3, 0.4) is 0 Å². The highest BCUT2D eigenvalue weighted by Crippen LogP contribution is 2.37. The van der Waals surface area contributed by atoms with E-state index < -0.39 is 0 Å². The van der Waals surface area contributed by atoms with Gasteiger partial charge in [0, 0.05) is 25.6 Å². The van der Waals surface area contributed by atoms with E-state index in [9.17, 15) is 9.59 Å². The predicted octanol–water partition coefficient (Wildman–Crippen LogP) is 1.93. The third-order valence-corrected chi connectivity index (χ3v) is 4.60. The first-order valence-electron chi connectivity index (χ1n) is 7.68. The monoisotopic (exact) mass is 307 g/mol. The summed E-state index contributed by atoms with van der Waals surface area (Å²) in [7, 11) is 1.60. The Hall–Kier alpha value is -2.82. The lowest BCUT2D eigenvalue weighted by Crippen LogP contribution is -2.51. The number of benzene rings is 2. The van der Waals surface area contributed by atoms with E-state index in [0.29, 0.717) is 24.2 Å².